The molecule has 4 N–H and O–H groups in total. The molecule has 3 atom stereocenters. The van der Waals surface area contributed by atoms with E-state index in [0.717, 1.165) is 21.7 Å². The Morgan fingerprint density at radius 2 is 2.00 bits per heavy atom. The van der Waals surface area contributed by atoms with Crippen LogP contribution in [0.4, 0.5) is 0 Å². The molecule has 2 aromatic rings. The van der Waals surface area contributed by atoms with Crippen LogP contribution in [0.3, 0.4) is 0 Å². The summed E-state index contributed by atoms with van der Waals surface area (Å²) in [4.78, 5) is 32.4. The van der Waals surface area contributed by atoms with E-state index in [1.54, 1.807) is 11.3 Å². The first-order valence-electron chi connectivity index (χ1n) is 10.1. The highest BCUT2D eigenvalue weighted by Crippen LogP contribution is 2.27. The number of carbonyl (C=O) groups is 2. The number of likely N-dealkylation sites (tertiary alicyclic amines) is 1. The Morgan fingerprint density at radius 1 is 1.33 bits per heavy atom. The van der Waals surface area contributed by atoms with E-state index >= 15 is 0 Å². The third-order valence-corrected chi connectivity index (χ3v) is 6.47. The lowest BCUT2D eigenvalue weighted by atomic mass is 9.86. The molecule has 7 nitrogen and oxygen atoms in total. The molecule has 30 heavy (non-hydrogen) atoms. The zero-order chi connectivity index (χ0) is 22.1. The first kappa shape index (κ1) is 22.4. The maximum Gasteiger partial charge on any atom is 0.243 e. The van der Waals surface area contributed by atoms with Crippen molar-refractivity contribution in [1.29, 1.82) is 0 Å². The van der Waals surface area contributed by atoms with Crippen molar-refractivity contribution in [1.82, 2.24) is 15.2 Å². The molecule has 0 spiro atoms. The van der Waals surface area contributed by atoms with Crippen LogP contribution in [0.5, 0.6) is 0 Å². The van der Waals surface area contributed by atoms with Crippen molar-refractivity contribution in [3.63, 3.8) is 0 Å². The monoisotopic (exact) mass is 430 g/mol. The molecule has 0 aliphatic carbocycles. The number of β-amino-alcohol motifs (C(OH)–C–C–N with tert-alkyl or cyclic N) is 1. The summed E-state index contributed by atoms with van der Waals surface area (Å²) >= 11 is 1.60. The molecule has 1 aromatic heterocycles. The fourth-order valence-electron chi connectivity index (χ4n) is 3.51. The first-order chi connectivity index (χ1) is 14.1. The Labute approximate surface area is 181 Å². The first-order valence-corrected chi connectivity index (χ1v) is 11.0. The lowest BCUT2D eigenvalue weighted by Crippen LogP contribution is -2.54. The lowest BCUT2D eigenvalue weighted by molar-refractivity contribution is -0.141. The van der Waals surface area contributed by atoms with E-state index in [-0.39, 0.29) is 24.8 Å². The van der Waals surface area contributed by atoms with Gasteiger partial charge in [-0.05, 0) is 23.5 Å². The summed E-state index contributed by atoms with van der Waals surface area (Å²) < 4.78 is 0. The van der Waals surface area contributed by atoms with Gasteiger partial charge < -0.3 is 21.1 Å². The van der Waals surface area contributed by atoms with E-state index in [9.17, 15) is 14.7 Å². The molecule has 3 rings (SSSR count). The molecule has 1 saturated heterocycles. The van der Waals surface area contributed by atoms with Crippen LogP contribution in [-0.2, 0) is 16.1 Å². The molecule has 1 unspecified atom stereocenters. The summed E-state index contributed by atoms with van der Waals surface area (Å²) in [6.07, 6.45) is -0.503. The van der Waals surface area contributed by atoms with Gasteiger partial charge in [-0.2, -0.15) is 0 Å². The number of hydrogen-bond donors (Lipinski definition) is 3. The van der Waals surface area contributed by atoms with Gasteiger partial charge in [-0.15, -0.1) is 11.3 Å². The number of nitrogens with one attached hydrogen (secondary N) is 1. The van der Waals surface area contributed by atoms with Gasteiger partial charge in [0.25, 0.3) is 0 Å². The Morgan fingerprint density at radius 3 is 2.57 bits per heavy atom. The second-order valence-electron chi connectivity index (χ2n) is 8.92. The minimum absolute atomic E-state index is 0.129. The second-order valence-corrected chi connectivity index (χ2v) is 9.78. The smallest absolute Gasteiger partial charge is 0.243 e. The van der Waals surface area contributed by atoms with Crippen LogP contribution >= 0.6 is 11.3 Å². The fourth-order valence-corrected chi connectivity index (χ4v) is 4.33. The van der Waals surface area contributed by atoms with Crippen molar-refractivity contribution in [3.05, 3.63) is 41.0 Å². The Bertz CT molecular complexity index is 904. The zero-order valence-electron chi connectivity index (χ0n) is 17.9. The lowest BCUT2D eigenvalue weighted by Gasteiger charge is -2.32. The van der Waals surface area contributed by atoms with Crippen LogP contribution in [0.25, 0.3) is 10.4 Å². The van der Waals surface area contributed by atoms with Gasteiger partial charge in [0.05, 0.1) is 28.2 Å². The summed E-state index contributed by atoms with van der Waals surface area (Å²) in [6, 6.07) is 6.52. The summed E-state index contributed by atoms with van der Waals surface area (Å²) in [7, 11) is 0. The van der Waals surface area contributed by atoms with E-state index in [0.29, 0.717) is 6.54 Å². The minimum Gasteiger partial charge on any atom is -0.391 e. The van der Waals surface area contributed by atoms with Crippen molar-refractivity contribution in [3.8, 4) is 10.4 Å². The summed E-state index contributed by atoms with van der Waals surface area (Å²) in [5.74, 6) is -0.577. The second kappa shape index (κ2) is 8.83. The number of nitrogens with two attached hydrogens (primary N) is 1. The van der Waals surface area contributed by atoms with Crippen LogP contribution in [0.2, 0.25) is 0 Å². The van der Waals surface area contributed by atoms with E-state index in [2.05, 4.69) is 10.3 Å². The van der Waals surface area contributed by atoms with Crippen LogP contribution in [0, 0.1) is 12.3 Å². The summed E-state index contributed by atoms with van der Waals surface area (Å²) in [6.45, 7) is 8.11. The van der Waals surface area contributed by atoms with E-state index in [1.807, 2.05) is 57.5 Å². The van der Waals surface area contributed by atoms with Gasteiger partial charge in [-0.25, -0.2) is 4.98 Å². The van der Waals surface area contributed by atoms with Gasteiger partial charge in [-0.3, -0.25) is 9.59 Å². The fraction of sp³-hybridized carbons (Fsp3) is 0.500. The molecular formula is C22H30N4O3S. The molecule has 2 amide bonds. The van der Waals surface area contributed by atoms with Crippen LogP contribution in [-0.4, -0.2) is 51.5 Å². The number of thiazole rings is 1. The largest absolute Gasteiger partial charge is 0.391 e. The Balaban J connectivity index is 1.63. The molecule has 0 bridgehead atoms. The number of aliphatic hydroxyl groups excluding tert-OH is 1. The van der Waals surface area contributed by atoms with Gasteiger partial charge >= 0.3 is 0 Å². The molecule has 2 heterocycles. The number of benzene rings is 1. The molecule has 1 fully saturated rings. The van der Waals surface area contributed by atoms with Gasteiger partial charge in [0.2, 0.25) is 11.8 Å². The van der Waals surface area contributed by atoms with Gasteiger partial charge in [-0.1, -0.05) is 45.0 Å². The van der Waals surface area contributed by atoms with Crippen LogP contribution in [0.15, 0.2) is 29.8 Å². The third-order valence-electron chi connectivity index (χ3n) is 5.49. The number of nitrogens with zero attached hydrogens (tertiary/aromatic N) is 2. The third kappa shape index (κ3) is 4.88. The molecule has 162 valence electrons. The predicted molar refractivity (Wildman–Crippen MR) is 118 cm³/mol. The minimum atomic E-state index is -0.735. The van der Waals surface area contributed by atoms with Crippen molar-refractivity contribution < 1.29 is 14.7 Å². The van der Waals surface area contributed by atoms with E-state index < -0.39 is 23.6 Å². The summed E-state index contributed by atoms with van der Waals surface area (Å²) in [5.41, 5.74) is 10.6. The average molecular weight is 431 g/mol. The van der Waals surface area contributed by atoms with Gasteiger partial charge in [0.1, 0.15) is 6.04 Å². The zero-order valence-corrected chi connectivity index (χ0v) is 18.7. The van der Waals surface area contributed by atoms with E-state index in [4.69, 9.17) is 5.73 Å². The number of aromatic nitrogens is 1. The Hall–Kier alpha value is -2.29. The SMILES string of the molecule is Cc1ncsc1-c1ccc(CNC(=O)[C@@H]2C[C@@H](O)CN2C(=O)C(N)C(C)(C)C)cc1. The molecular weight excluding hydrogens is 400 g/mol. The quantitative estimate of drug-likeness (QED) is 0.673. The Kier molecular flexibility index (Phi) is 6.59. The van der Waals surface area contributed by atoms with Gasteiger partial charge in [0.15, 0.2) is 0 Å². The number of carbonyl (C=O) groups excluding carboxylic acids is 2. The maximum atomic E-state index is 12.8. The van der Waals surface area contributed by atoms with Crippen LogP contribution < -0.4 is 11.1 Å². The normalized spacial score (nSPS) is 20.3. The maximum absolute atomic E-state index is 12.8. The number of amides is 2. The molecule has 1 aliphatic rings. The number of aliphatic hydroxyl groups is 1. The van der Waals surface area contributed by atoms with Gasteiger partial charge in [0, 0.05) is 19.5 Å². The predicted octanol–water partition coefficient (Wildman–Crippen LogP) is 2.07. The molecule has 1 aromatic carbocycles. The van der Waals surface area contributed by atoms with Crippen molar-refractivity contribution >= 4 is 23.2 Å². The van der Waals surface area contributed by atoms with Crippen molar-refractivity contribution in [2.75, 3.05) is 6.54 Å². The molecule has 8 heteroatoms. The highest BCUT2D eigenvalue weighted by Gasteiger charge is 2.42. The standard InChI is InChI=1S/C22H30N4O3S/c1-13-18(30-12-25-13)15-7-5-14(6-8-15)10-24-20(28)17-9-16(27)11-26(17)21(29)19(23)22(2,3)4/h5-8,12,16-17,19,27H,9-11,23H2,1-4H3,(H,24,28)/t16-,17+,19?/m1/s1. The van der Waals surface area contributed by atoms with Crippen LogP contribution in [0.1, 0.15) is 38.4 Å². The average Bonchev–Trinajstić information content (AvgIpc) is 3.30. The van der Waals surface area contributed by atoms with Crippen molar-refractivity contribution in [2.24, 2.45) is 11.1 Å². The highest BCUT2D eigenvalue weighted by atomic mass is 32.1. The summed E-state index contributed by atoms with van der Waals surface area (Å²) in [5, 5.41) is 13.0. The molecule has 0 saturated carbocycles. The van der Waals surface area contributed by atoms with E-state index in [1.165, 1.54) is 4.90 Å². The number of aryl methyl sites for hydroxylation is 1. The number of hydrogen-bond acceptors (Lipinski definition) is 6. The van der Waals surface area contributed by atoms with Crippen molar-refractivity contribution in [2.45, 2.75) is 58.8 Å². The molecule has 0 radical (unpaired) electrons. The topological polar surface area (TPSA) is 109 Å². The number of rotatable bonds is 5. The molecule has 1 aliphatic heterocycles. The highest BCUT2D eigenvalue weighted by molar-refractivity contribution is 7.13.